The van der Waals surface area contributed by atoms with E-state index in [1.54, 1.807) is 0 Å². The van der Waals surface area contributed by atoms with Crippen LogP contribution in [0.4, 0.5) is 24.8 Å². The van der Waals surface area contributed by atoms with Crippen LogP contribution >= 0.6 is 11.8 Å². The van der Waals surface area contributed by atoms with E-state index in [1.165, 1.54) is 18.3 Å². The van der Waals surface area contributed by atoms with Crippen molar-refractivity contribution >= 4 is 23.4 Å². The van der Waals surface area contributed by atoms with Crippen molar-refractivity contribution in [1.29, 1.82) is 0 Å². The standard InChI is InChI=1S/C18H22F3N5OS/c1-3-17(2)6-8-26(10-12(17)27)13-9-24-16(15(22)25-13)28-11-5-4-7-23-14(11)18(19,20)21/h4-5,7,9,12,27H,3,6,8,10H2,1-2H3,(H2,22,25)/t12-,17-/m1/s1. The number of alkyl halides is 3. The number of rotatable bonds is 4. The lowest BCUT2D eigenvalue weighted by Gasteiger charge is -2.43. The number of aliphatic hydroxyl groups is 1. The van der Waals surface area contributed by atoms with Gasteiger partial charge in [0.2, 0.25) is 0 Å². The van der Waals surface area contributed by atoms with E-state index in [0.29, 0.717) is 18.9 Å². The monoisotopic (exact) mass is 413 g/mol. The summed E-state index contributed by atoms with van der Waals surface area (Å²) in [7, 11) is 0. The topological polar surface area (TPSA) is 88.2 Å². The summed E-state index contributed by atoms with van der Waals surface area (Å²) < 4.78 is 39.3. The van der Waals surface area contributed by atoms with Crippen LogP contribution in [0.5, 0.6) is 0 Å². The molecule has 3 rings (SSSR count). The number of pyridine rings is 1. The Morgan fingerprint density at radius 3 is 2.75 bits per heavy atom. The summed E-state index contributed by atoms with van der Waals surface area (Å²) in [6.07, 6.45) is -0.832. The fraction of sp³-hybridized carbons (Fsp3) is 0.500. The molecule has 0 spiro atoms. The van der Waals surface area contributed by atoms with Crippen LogP contribution in [0.15, 0.2) is 34.4 Å². The summed E-state index contributed by atoms with van der Waals surface area (Å²) in [6.45, 7) is 5.21. The summed E-state index contributed by atoms with van der Waals surface area (Å²) in [6, 6.07) is 2.75. The molecule has 0 radical (unpaired) electrons. The Labute approximate surface area is 165 Å². The second-order valence-corrected chi connectivity index (χ2v) is 8.12. The number of piperidine rings is 1. The third-order valence-electron chi connectivity index (χ3n) is 5.28. The molecule has 152 valence electrons. The van der Waals surface area contributed by atoms with Gasteiger partial charge in [0.25, 0.3) is 0 Å². The zero-order chi connectivity index (χ0) is 20.5. The minimum atomic E-state index is -4.57. The number of hydrogen-bond acceptors (Lipinski definition) is 7. The molecule has 1 saturated heterocycles. The molecule has 2 atom stereocenters. The number of nitrogens with two attached hydrogens (primary N) is 1. The number of nitrogen functional groups attached to an aromatic ring is 1. The molecule has 0 aliphatic carbocycles. The average Bonchev–Trinajstić information content (AvgIpc) is 2.65. The van der Waals surface area contributed by atoms with E-state index in [0.717, 1.165) is 30.8 Å². The van der Waals surface area contributed by atoms with Gasteiger partial charge in [0.1, 0.15) is 10.8 Å². The Hall–Kier alpha value is -2.07. The van der Waals surface area contributed by atoms with Crippen LogP contribution in [-0.2, 0) is 6.18 Å². The molecule has 0 aromatic carbocycles. The Morgan fingerprint density at radius 2 is 2.14 bits per heavy atom. The molecule has 0 saturated carbocycles. The van der Waals surface area contributed by atoms with Crippen LogP contribution in [-0.4, -0.2) is 39.3 Å². The molecule has 1 aliphatic heterocycles. The second kappa shape index (κ2) is 7.75. The van der Waals surface area contributed by atoms with E-state index >= 15 is 0 Å². The highest BCUT2D eigenvalue weighted by Gasteiger charge is 2.38. The van der Waals surface area contributed by atoms with Crippen molar-refractivity contribution in [1.82, 2.24) is 15.0 Å². The van der Waals surface area contributed by atoms with E-state index in [2.05, 4.69) is 28.8 Å². The first-order valence-corrected chi connectivity index (χ1v) is 9.71. The first-order chi connectivity index (χ1) is 13.1. The van der Waals surface area contributed by atoms with Crippen LogP contribution in [0.2, 0.25) is 0 Å². The van der Waals surface area contributed by atoms with Gasteiger partial charge in [-0.05, 0) is 30.4 Å². The normalized spacial score (nSPS) is 23.1. The highest BCUT2D eigenvalue weighted by molar-refractivity contribution is 7.99. The number of β-amino-alcohol motifs (C(OH)–C–C–N with tert-alkyl or cyclic N) is 1. The van der Waals surface area contributed by atoms with E-state index in [1.807, 2.05) is 4.90 Å². The number of nitrogens with zero attached hydrogens (tertiary/aromatic N) is 4. The van der Waals surface area contributed by atoms with Crippen molar-refractivity contribution in [3.8, 4) is 0 Å². The Kier molecular flexibility index (Phi) is 5.72. The highest BCUT2D eigenvalue weighted by Crippen LogP contribution is 2.39. The van der Waals surface area contributed by atoms with Crippen molar-refractivity contribution in [3.05, 3.63) is 30.2 Å². The summed E-state index contributed by atoms with van der Waals surface area (Å²) >= 11 is 0.778. The number of hydrogen-bond donors (Lipinski definition) is 2. The Balaban J connectivity index is 1.79. The van der Waals surface area contributed by atoms with Gasteiger partial charge < -0.3 is 15.7 Å². The molecule has 3 heterocycles. The second-order valence-electron chi connectivity index (χ2n) is 7.09. The maximum Gasteiger partial charge on any atom is 0.434 e. The third-order valence-corrected chi connectivity index (χ3v) is 6.34. The lowest BCUT2D eigenvalue weighted by atomic mass is 9.76. The fourth-order valence-electron chi connectivity index (χ4n) is 3.10. The van der Waals surface area contributed by atoms with Gasteiger partial charge in [-0.2, -0.15) is 13.2 Å². The lowest BCUT2D eigenvalue weighted by Crippen LogP contribution is -2.49. The summed E-state index contributed by atoms with van der Waals surface area (Å²) in [5, 5.41) is 10.6. The van der Waals surface area contributed by atoms with Crippen molar-refractivity contribution in [2.24, 2.45) is 5.41 Å². The van der Waals surface area contributed by atoms with E-state index in [-0.39, 0.29) is 21.2 Å². The molecule has 28 heavy (non-hydrogen) atoms. The van der Waals surface area contributed by atoms with Gasteiger partial charge in [-0.25, -0.2) is 9.97 Å². The summed E-state index contributed by atoms with van der Waals surface area (Å²) in [5.74, 6) is 0.541. The van der Waals surface area contributed by atoms with Gasteiger partial charge >= 0.3 is 6.18 Å². The predicted octanol–water partition coefficient (Wildman–Crippen LogP) is 3.61. The average molecular weight is 413 g/mol. The van der Waals surface area contributed by atoms with E-state index in [9.17, 15) is 18.3 Å². The largest absolute Gasteiger partial charge is 0.434 e. The maximum atomic E-state index is 13.1. The molecule has 6 nitrogen and oxygen atoms in total. The number of halogens is 3. The molecular weight excluding hydrogens is 391 g/mol. The molecule has 0 amide bonds. The molecular formula is C18H22F3N5OS. The summed E-state index contributed by atoms with van der Waals surface area (Å²) in [4.78, 5) is 13.7. The molecule has 10 heteroatoms. The zero-order valence-corrected chi connectivity index (χ0v) is 16.4. The van der Waals surface area contributed by atoms with E-state index < -0.39 is 18.0 Å². The first-order valence-electron chi connectivity index (χ1n) is 8.89. The molecule has 1 aliphatic rings. The van der Waals surface area contributed by atoms with Crippen LogP contribution in [0.3, 0.4) is 0 Å². The highest BCUT2D eigenvalue weighted by atomic mass is 32.2. The molecule has 0 unspecified atom stereocenters. The number of aromatic nitrogens is 3. The minimum absolute atomic E-state index is 0.0396. The zero-order valence-electron chi connectivity index (χ0n) is 15.6. The van der Waals surface area contributed by atoms with Crippen molar-refractivity contribution < 1.29 is 18.3 Å². The van der Waals surface area contributed by atoms with Crippen molar-refractivity contribution in [3.63, 3.8) is 0 Å². The predicted molar refractivity (Wildman–Crippen MR) is 101 cm³/mol. The van der Waals surface area contributed by atoms with Crippen molar-refractivity contribution in [2.75, 3.05) is 23.7 Å². The molecule has 1 fully saturated rings. The number of anilines is 2. The van der Waals surface area contributed by atoms with Gasteiger partial charge in [-0.1, -0.05) is 25.6 Å². The minimum Gasteiger partial charge on any atom is -0.391 e. The molecule has 2 aromatic rings. The van der Waals surface area contributed by atoms with Gasteiger partial charge in [-0.3, -0.25) is 4.98 Å². The fourth-order valence-corrected chi connectivity index (χ4v) is 3.98. The third kappa shape index (κ3) is 4.17. The van der Waals surface area contributed by atoms with E-state index in [4.69, 9.17) is 5.73 Å². The lowest BCUT2D eigenvalue weighted by molar-refractivity contribution is -0.143. The maximum absolute atomic E-state index is 13.1. The van der Waals surface area contributed by atoms with Crippen LogP contribution in [0, 0.1) is 5.41 Å². The van der Waals surface area contributed by atoms with Crippen LogP contribution in [0.25, 0.3) is 0 Å². The van der Waals surface area contributed by atoms with Gasteiger partial charge in [0.15, 0.2) is 11.5 Å². The molecule has 0 bridgehead atoms. The smallest absolute Gasteiger partial charge is 0.391 e. The van der Waals surface area contributed by atoms with Crippen molar-refractivity contribution in [2.45, 2.75) is 48.9 Å². The van der Waals surface area contributed by atoms with Gasteiger partial charge in [0, 0.05) is 24.2 Å². The van der Waals surface area contributed by atoms with Gasteiger partial charge in [0.05, 0.1) is 12.3 Å². The van der Waals surface area contributed by atoms with Gasteiger partial charge in [-0.15, -0.1) is 0 Å². The number of aliphatic hydroxyl groups excluding tert-OH is 1. The first kappa shape index (κ1) is 20.7. The Morgan fingerprint density at radius 1 is 1.39 bits per heavy atom. The SMILES string of the molecule is CC[C@]1(C)CCN(c2cnc(Sc3cccnc3C(F)(F)F)c(N)n2)C[C@H]1O. The molecule has 2 aromatic heterocycles. The molecule has 3 N–H and O–H groups in total. The quantitative estimate of drug-likeness (QED) is 0.792. The van der Waals surface area contributed by atoms with Crippen LogP contribution in [0.1, 0.15) is 32.4 Å². The van der Waals surface area contributed by atoms with Crippen LogP contribution < -0.4 is 10.6 Å². The summed E-state index contributed by atoms with van der Waals surface area (Å²) in [5.41, 5.74) is 4.84. The Bertz CT molecular complexity index is 850.